The maximum atomic E-state index is 13.4. The van der Waals surface area contributed by atoms with Crippen LogP contribution >= 0.6 is 0 Å². The fourth-order valence-electron chi connectivity index (χ4n) is 2.55. The minimum atomic E-state index is -1.16. The first-order chi connectivity index (χ1) is 12.9. The molecule has 0 radical (unpaired) electrons. The number of benzene rings is 2. The van der Waals surface area contributed by atoms with E-state index in [1.807, 2.05) is 0 Å². The van der Waals surface area contributed by atoms with Gasteiger partial charge in [0, 0.05) is 11.6 Å². The Kier molecular flexibility index (Phi) is 5.25. The molecule has 0 aliphatic carbocycles. The number of carboxylic acid groups (broad SMARTS) is 1. The number of aromatic nitrogens is 1. The van der Waals surface area contributed by atoms with Gasteiger partial charge in [-0.3, -0.25) is 9.59 Å². The predicted octanol–water partition coefficient (Wildman–Crippen LogP) is 3.57. The number of carbonyl (C=O) groups is 2. The van der Waals surface area contributed by atoms with Crippen LogP contribution < -0.4 is 5.32 Å². The van der Waals surface area contributed by atoms with E-state index < -0.39 is 36.0 Å². The van der Waals surface area contributed by atoms with Gasteiger partial charge in [-0.1, -0.05) is 29.4 Å². The second kappa shape index (κ2) is 7.77. The van der Waals surface area contributed by atoms with Gasteiger partial charge in [-0.05, 0) is 29.8 Å². The van der Waals surface area contributed by atoms with Crippen LogP contribution in [0.25, 0.3) is 11.3 Å². The number of hydrogen-bond donors (Lipinski definition) is 2. The van der Waals surface area contributed by atoms with Gasteiger partial charge in [0.15, 0.2) is 0 Å². The zero-order valence-corrected chi connectivity index (χ0v) is 13.9. The molecule has 27 heavy (non-hydrogen) atoms. The number of carbonyl (C=O) groups excluding carboxylic acids is 1. The monoisotopic (exact) mass is 372 g/mol. The number of amides is 1. The van der Waals surface area contributed by atoms with E-state index in [9.17, 15) is 18.4 Å². The summed E-state index contributed by atoms with van der Waals surface area (Å²) in [5, 5.41) is 15.3. The highest BCUT2D eigenvalue weighted by molar-refractivity contribution is 5.93. The lowest BCUT2D eigenvalue weighted by atomic mass is 10.0. The van der Waals surface area contributed by atoms with Crippen LogP contribution in [0.4, 0.5) is 8.78 Å². The molecule has 1 heterocycles. The van der Waals surface area contributed by atoms with Crippen molar-refractivity contribution in [2.24, 2.45) is 0 Å². The zero-order chi connectivity index (χ0) is 19.4. The molecule has 2 N–H and O–H groups in total. The summed E-state index contributed by atoms with van der Waals surface area (Å²) < 4.78 is 31.7. The number of rotatable bonds is 6. The summed E-state index contributed by atoms with van der Waals surface area (Å²) in [4.78, 5) is 23.5. The van der Waals surface area contributed by atoms with Crippen LogP contribution in [0, 0.1) is 11.6 Å². The summed E-state index contributed by atoms with van der Waals surface area (Å²) in [6.07, 6.45) is -0.444. The van der Waals surface area contributed by atoms with Crippen LogP contribution in [0.5, 0.6) is 0 Å². The van der Waals surface area contributed by atoms with Crippen molar-refractivity contribution >= 4 is 11.9 Å². The number of nitrogens with one attached hydrogen (secondary N) is 1. The second-order valence-corrected chi connectivity index (χ2v) is 5.77. The third-order valence-corrected chi connectivity index (χ3v) is 3.79. The highest BCUT2D eigenvalue weighted by Crippen LogP contribution is 2.22. The van der Waals surface area contributed by atoms with Crippen molar-refractivity contribution in [3.8, 4) is 11.3 Å². The van der Waals surface area contributed by atoms with E-state index in [0.717, 1.165) is 6.07 Å². The van der Waals surface area contributed by atoms with E-state index in [1.165, 1.54) is 42.5 Å². The molecule has 1 unspecified atom stereocenters. The predicted molar refractivity (Wildman–Crippen MR) is 90.8 cm³/mol. The van der Waals surface area contributed by atoms with E-state index in [-0.39, 0.29) is 11.5 Å². The minimum absolute atomic E-state index is 0.180. The standard InChI is InChI=1S/C19H14F2N2O4/c20-13-5-1-3-11(7-13)15(10-18(24)25)22-19(26)17-9-16(23-27-17)12-4-2-6-14(21)8-12/h1-9,15H,10H2,(H,22,26)(H,24,25). The first kappa shape index (κ1) is 18.2. The first-order valence-electron chi connectivity index (χ1n) is 7.93. The third-order valence-electron chi connectivity index (χ3n) is 3.79. The molecule has 1 atom stereocenters. The Morgan fingerprint density at radius 3 is 2.44 bits per heavy atom. The third kappa shape index (κ3) is 4.55. The molecule has 0 spiro atoms. The summed E-state index contributed by atoms with van der Waals surface area (Å²) >= 11 is 0. The summed E-state index contributed by atoms with van der Waals surface area (Å²) in [6, 6.07) is 11.2. The van der Waals surface area contributed by atoms with E-state index in [4.69, 9.17) is 9.63 Å². The summed E-state index contributed by atoms with van der Waals surface area (Å²) in [6.45, 7) is 0. The molecule has 0 bridgehead atoms. The molecule has 1 amide bonds. The van der Waals surface area contributed by atoms with Crippen molar-refractivity contribution < 1.29 is 28.0 Å². The molecule has 3 rings (SSSR count). The van der Waals surface area contributed by atoms with Gasteiger partial charge in [0.25, 0.3) is 5.91 Å². The van der Waals surface area contributed by atoms with Gasteiger partial charge >= 0.3 is 5.97 Å². The minimum Gasteiger partial charge on any atom is -0.481 e. The summed E-state index contributed by atoms with van der Waals surface area (Å²) in [7, 11) is 0. The Hall–Kier alpha value is -3.55. The number of carboxylic acids is 1. The molecular weight excluding hydrogens is 358 g/mol. The van der Waals surface area contributed by atoms with Crippen LogP contribution in [0.1, 0.15) is 28.6 Å². The van der Waals surface area contributed by atoms with Crippen molar-refractivity contribution in [2.45, 2.75) is 12.5 Å². The van der Waals surface area contributed by atoms with Gasteiger partial charge in [0.2, 0.25) is 5.76 Å². The van der Waals surface area contributed by atoms with Crippen LogP contribution in [0.2, 0.25) is 0 Å². The van der Waals surface area contributed by atoms with E-state index in [0.29, 0.717) is 11.1 Å². The second-order valence-electron chi connectivity index (χ2n) is 5.77. The molecule has 0 aliphatic heterocycles. The van der Waals surface area contributed by atoms with Crippen molar-refractivity contribution in [1.29, 1.82) is 0 Å². The van der Waals surface area contributed by atoms with Gasteiger partial charge < -0.3 is 14.9 Å². The van der Waals surface area contributed by atoms with Crippen LogP contribution in [0.3, 0.4) is 0 Å². The van der Waals surface area contributed by atoms with Gasteiger partial charge in [-0.15, -0.1) is 0 Å². The number of nitrogens with zero attached hydrogens (tertiary/aromatic N) is 1. The first-order valence-corrected chi connectivity index (χ1v) is 7.93. The fourth-order valence-corrected chi connectivity index (χ4v) is 2.55. The highest BCUT2D eigenvalue weighted by Gasteiger charge is 2.22. The lowest BCUT2D eigenvalue weighted by molar-refractivity contribution is -0.137. The molecule has 1 aromatic heterocycles. The highest BCUT2D eigenvalue weighted by atomic mass is 19.1. The summed E-state index contributed by atoms with van der Waals surface area (Å²) in [5.41, 5.74) is 0.973. The smallest absolute Gasteiger partial charge is 0.305 e. The quantitative estimate of drug-likeness (QED) is 0.690. The van der Waals surface area contributed by atoms with E-state index in [2.05, 4.69) is 10.5 Å². The maximum absolute atomic E-state index is 13.4. The molecule has 0 aliphatic rings. The molecule has 0 fully saturated rings. The van der Waals surface area contributed by atoms with Gasteiger partial charge in [0.05, 0.1) is 12.5 Å². The largest absolute Gasteiger partial charge is 0.481 e. The number of hydrogen-bond acceptors (Lipinski definition) is 4. The molecule has 8 heteroatoms. The molecule has 0 saturated heterocycles. The number of halogens is 2. The number of aliphatic carboxylic acids is 1. The Morgan fingerprint density at radius 1 is 1.07 bits per heavy atom. The van der Waals surface area contributed by atoms with Crippen molar-refractivity contribution in [3.63, 3.8) is 0 Å². The van der Waals surface area contributed by atoms with E-state index in [1.54, 1.807) is 6.07 Å². The van der Waals surface area contributed by atoms with Gasteiger partial charge in [-0.2, -0.15) is 0 Å². The van der Waals surface area contributed by atoms with Crippen LogP contribution in [-0.4, -0.2) is 22.1 Å². The molecular formula is C19H14F2N2O4. The Balaban J connectivity index is 1.81. The average molecular weight is 372 g/mol. The lowest BCUT2D eigenvalue weighted by Crippen LogP contribution is -2.30. The van der Waals surface area contributed by atoms with Crippen LogP contribution in [0.15, 0.2) is 59.1 Å². The Morgan fingerprint density at radius 2 is 1.78 bits per heavy atom. The van der Waals surface area contributed by atoms with Crippen molar-refractivity contribution in [1.82, 2.24) is 10.5 Å². The lowest BCUT2D eigenvalue weighted by Gasteiger charge is -2.16. The molecule has 0 saturated carbocycles. The van der Waals surface area contributed by atoms with Crippen molar-refractivity contribution in [3.05, 3.63) is 77.6 Å². The van der Waals surface area contributed by atoms with Gasteiger partial charge in [-0.25, -0.2) is 8.78 Å². The van der Waals surface area contributed by atoms with Crippen LogP contribution in [-0.2, 0) is 4.79 Å². The summed E-state index contributed by atoms with van der Waals surface area (Å²) in [5.74, 6) is -3.08. The Bertz CT molecular complexity index is 987. The Labute approximate surface area is 152 Å². The van der Waals surface area contributed by atoms with Crippen molar-refractivity contribution in [2.75, 3.05) is 0 Å². The molecule has 6 nitrogen and oxygen atoms in total. The molecule has 3 aromatic rings. The van der Waals surface area contributed by atoms with E-state index >= 15 is 0 Å². The zero-order valence-electron chi connectivity index (χ0n) is 13.9. The fraction of sp³-hybridized carbons (Fsp3) is 0.105. The average Bonchev–Trinajstić information content (AvgIpc) is 3.11. The maximum Gasteiger partial charge on any atom is 0.305 e. The topological polar surface area (TPSA) is 92.4 Å². The molecule has 138 valence electrons. The molecule has 2 aromatic carbocycles. The SMILES string of the molecule is O=C(O)CC(NC(=O)c1cc(-c2cccc(F)c2)no1)c1cccc(F)c1. The van der Waals surface area contributed by atoms with Gasteiger partial charge in [0.1, 0.15) is 17.3 Å². The normalized spacial score (nSPS) is 11.8.